The summed E-state index contributed by atoms with van der Waals surface area (Å²) >= 11 is 7.92. The highest BCUT2D eigenvalue weighted by atomic mass is 35.5. The molecule has 1 aliphatic heterocycles. The molecule has 0 aliphatic carbocycles. The molecule has 1 heterocycles. The molecule has 3 nitrogen and oxygen atoms in total. The molecule has 132 valence electrons. The zero-order valence-electron chi connectivity index (χ0n) is 14.4. The first-order chi connectivity index (χ1) is 12.2. The lowest BCUT2D eigenvalue weighted by molar-refractivity contribution is -0.121. The molecule has 2 aromatic carbocycles. The number of para-hydroxylation sites is 1. The molecule has 2 aromatic rings. The summed E-state index contributed by atoms with van der Waals surface area (Å²) in [4.78, 5) is 16.2. The fraction of sp³-hybridized carbons (Fsp3) is 0.350. The third-order valence-corrected chi connectivity index (χ3v) is 5.76. The number of nitrogens with zero attached hydrogens (tertiary/aromatic N) is 1. The average molecular weight is 375 g/mol. The number of anilines is 1. The number of hydrogen-bond acceptors (Lipinski definition) is 3. The van der Waals surface area contributed by atoms with Crippen LogP contribution in [0, 0.1) is 5.92 Å². The normalized spacial score (nSPS) is 18.1. The molecule has 0 bridgehead atoms. The lowest BCUT2D eigenvalue weighted by Crippen LogP contribution is -2.40. The minimum absolute atomic E-state index is 0.0196. The number of nitrogens with one attached hydrogen (secondary N) is 1. The molecule has 1 atom stereocenters. The SMILES string of the molecule is CSc1ccccc1NC(=O)C1CCCN(Cc2ccccc2Cl)C1. The Bertz CT molecular complexity index is 737. The predicted octanol–water partition coefficient (Wildman–Crippen LogP) is 4.91. The summed E-state index contributed by atoms with van der Waals surface area (Å²) < 4.78 is 0. The van der Waals surface area contributed by atoms with Crippen molar-refractivity contribution in [3.8, 4) is 0 Å². The van der Waals surface area contributed by atoms with Gasteiger partial charge in [-0.3, -0.25) is 9.69 Å². The van der Waals surface area contributed by atoms with Crippen molar-refractivity contribution in [2.24, 2.45) is 5.92 Å². The Morgan fingerprint density at radius 2 is 2.00 bits per heavy atom. The minimum atomic E-state index is 0.0196. The number of amides is 1. The van der Waals surface area contributed by atoms with Crippen LogP contribution in [0.3, 0.4) is 0 Å². The maximum absolute atomic E-state index is 12.7. The molecule has 1 fully saturated rings. The molecule has 0 aromatic heterocycles. The molecular formula is C20H23ClN2OS. The Morgan fingerprint density at radius 3 is 2.80 bits per heavy atom. The highest BCUT2D eigenvalue weighted by molar-refractivity contribution is 7.98. The number of likely N-dealkylation sites (tertiary alicyclic amines) is 1. The van der Waals surface area contributed by atoms with Crippen LogP contribution in [0.5, 0.6) is 0 Å². The fourth-order valence-corrected chi connectivity index (χ4v) is 4.01. The predicted molar refractivity (Wildman–Crippen MR) is 106 cm³/mol. The Hall–Kier alpha value is -1.49. The van der Waals surface area contributed by atoms with E-state index in [-0.39, 0.29) is 11.8 Å². The number of thioether (sulfide) groups is 1. The van der Waals surface area contributed by atoms with Crippen LogP contribution in [-0.4, -0.2) is 30.2 Å². The molecule has 1 N–H and O–H groups in total. The van der Waals surface area contributed by atoms with E-state index in [0.717, 1.165) is 53.6 Å². The zero-order valence-corrected chi connectivity index (χ0v) is 15.9. The van der Waals surface area contributed by atoms with Gasteiger partial charge in [0.2, 0.25) is 5.91 Å². The summed E-state index contributed by atoms with van der Waals surface area (Å²) in [6, 6.07) is 15.9. The van der Waals surface area contributed by atoms with E-state index in [9.17, 15) is 4.79 Å². The van der Waals surface area contributed by atoms with Gasteiger partial charge >= 0.3 is 0 Å². The third kappa shape index (κ3) is 4.78. The molecule has 3 rings (SSSR count). The van der Waals surface area contributed by atoms with Crippen LogP contribution in [0.25, 0.3) is 0 Å². The Kier molecular flexibility index (Phi) is 6.40. The monoisotopic (exact) mass is 374 g/mol. The van der Waals surface area contributed by atoms with Gasteiger partial charge in [-0.05, 0) is 49.4 Å². The second kappa shape index (κ2) is 8.75. The van der Waals surface area contributed by atoms with Gasteiger partial charge in [0.1, 0.15) is 0 Å². The van der Waals surface area contributed by atoms with Crippen LogP contribution in [-0.2, 0) is 11.3 Å². The first kappa shape index (κ1) is 18.3. The van der Waals surface area contributed by atoms with Gasteiger partial charge in [-0.25, -0.2) is 0 Å². The van der Waals surface area contributed by atoms with Crippen LogP contribution < -0.4 is 5.32 Å². The van der Waals surface area contributed by atoms with Gasteiger partial charge < -0.3 is 5.32 Å². The Labute approximate surface area is 158 Å². The van der Waals surface area contributed by atoms with E-state index in [4.69, 9.17) is 11.6 Å². The average Bonchev–Trinajstić information content (AvgIpc) is 2.64. The highest BCUT2D eigenvalue weighted by Gasteiger charge is 2.26. The smallest absolute Gasteiger partial charge is 0.228 e. The van der Waals surface area contributed by atoms with Gasteiger partial charge in [0.05, 0.1) is 11.6 Å². The summed E-state index contributed by atoms with van der Waals surface area (Å²) in [6.45, 7) is 2.58. The maximum atomic E-state index is 12.7. The van der Waals surface area contributed by atoms with Gasteiger partial charge in [0.25, 0.3) is 0 Å². The molecule has 1 aliphatic rings. The first-order valence-corrected chi connectivity index (χ1v) is 10.2. The molecule has 1 unspecified atom stereocenters. The van der Waals surface area contributed by atoms with Crippen LogP contribution >= 0.6 is 23.4 Å². The lowest BCUT2D eigenvalue weighted by Gasteiger charge is -2.32. The van der Waals surface area contributed by atoms with E-state index in [1.165, 1.54) is 0 Å². The van der Waals surface area contributed by atoms with Crippen molar-refractivity contribution in [3.05, 3.63) is 59.1 Å². The van der Waals surface area contributed by atoms with Crippen LogP contribution in [0.1, 0.15) is 18.4 Å². The quantitative estimate of drug-likeness (QED) is 0.754. The third-order valence-electron chi connectivity index (χ3n) is 4.59. The summed E-state index contributed by atoms with van der Waals surface area (Å²) in [6.07, 6.45) is 4.00. The number of halogens is 1. The second-order valence-corrected chi connectivity index (χ2v) is 7.61. The molecular weight excluding hydrogens is 352 g/mol. The molecule has 25 heavy (non-hydrogen) atoms. The van der Waals surface area contributed by atoms with E-state index in [0.29, 0.717) is 0 Å². The van der Waals surface area contributed by atoms with Gasteiger partial charge in [0, 0.05) is 23.0 Å². The molecule has 0 spiro atoms. The largest absolute Gasteiger partial charge is 0.325 e. The first-order valence-electron chi connectivity index (χ1n) is 8.57. The van der Waals surface area contributed by atoms with Gasteiger partial charge in [-0.1, -0.05) is 41.9 Å². The van der Waals surface area contributed by atoms with Crippen LogP contribution in [0.2, 0.25) is 5.02 Å². The van der Waals surface area contributed by atoms with Crippen molar-refractivity contribution in [2.45, 2.75) is 24.3 Å². The summed E-state index contributed by atoms with van der Waals surface area (Å²) in [5, 5.41) is 3.91. The Morgan fingerprint density at radius 1 is 1.24 bits per heavy atom. The van der Waals surface area contributed by atoms with Crippen LogP contribution in [0.4, 0.5) is 5.69 Å². The van der Waals surface area contributed by atoms with E-state index < -0.39 is 0 Å². The maximum Gasteiger partial charge on any atom is 0.228 e. The topological polar surface area (TPSA) is 32.3 Å². The highest BCUT2D eigenvalue weighted by Crippen LogP contribution is 2.27. The van der Waals surface area contributed by atoms with E-state index >= 15 is 0 Å². The van der Waals surface area contributed by atoms with Crippen molar-refractivity contribution in [1.82, 2.24) is 4.90 Å². The number of carbonyl (C=O) groups is 1. The van der Waals surface area contributed by atoms with Crippen molar-refractivity contribution >= 4 is 35.0 Å². The minimum Gasteiger partial charge on any atom is -0.325 e. The van der Waals surface area contributed by atoms with Gasteiger partial charge in [0.15, 0.2) is 0 Å². The van der Waals surface area contributed by atoms with Crippen molar-refractivity contribution in [3.63, 3.8) is 0 Å². The van der Waals surface area contributed by atoms with Gasteiger partial charge in [-0.2, -0.15) is 0 Å². The van der Waals surface area contributed by atoms with Crippen molar-refractivity contribution in [1.29, 1.82) is 0 Å². The van der Waals surface area contributed by atoms with E-state index in [2.05, 4.69) is 16.3 Å². The lowest BCUT2D eigenvalue weighted by atomic mass is 9.96. The second-order valence-electron chi connectivity index (χ2n) is 6.36. The van der Waals surface area contributed by atoms with Crippen molar-refractivity contribution in [2.75, 3.05) is 24.7 Å². The van der Waals surface area contributed by atoms with E-state index in [1.807, 2.05) is 48.7 Å². The zero-order chi connectivity index (χ0) is 17.6. The Balaban J connectivity index is 1.63. The number of piperidine rings is 1. The molecule has 1 saturated heterocycles. The standard InChI is InChI=1S/C20H23ClN2OS/c1-25-19-11-5-4-10-18(19)22-20(24)16-8-6-12-23(14-16)13-15-7-2-3-9-17(15)21/h2-5,7,9-11,16H,6,8,12-14H2,1H3,(H,22,24). The molecule has 0 saturated carbocycles. The number of rotatable bonds is 5. The van der Waals surface area contributed by atoms with Crippen molar-refractivity contribution < 1.29 is 4.79 Å². The summed E-state index contributed by atoms with van der Waals surface area (Å²) in [5.74, 6) is 0.136. The van der Waals surface area contributed by atoms with E-state index in [1.54, 1.807) is 11.8 Å². The summed E-state index contributed by atoms with van der Waals surface area (Å²) in [7, 11) is 0. The number of benzene rings is 2. The van der Waals surface area contributed by atoms with Crippen LogP contribution in [0.15, 0.2) is 53.4 Å². The fourth-order valence-electron chi connectivity index (χ4n) is 3.26. The molecule has 0 radical (unpaired) electrons. The summed E-state index contributed by atoms with van der Waals surface area (Å²) in [5.41, 5.74) is 2.03. The molecule has 1 amide bonds. The number of carbonyl (C=O) groups excluding carboxylic acids is 1. The molecule has 5 heteroatoms. The van der Waals surface area contributed by atoms with Gasteiger partial charge in [-0.15, -0.1) is 11.8 Å². The number of hydrogen-bond donors (Lipinski definition) is 1.